The third kappa shape index (κ3) is 5.52. The molecule has 4 rings (SSSR count). The summed E-state index contributed by atoms with van der Waals surface area (Å²) in [5.41, 5.74) is 3.36. The molecule has 1 fully saturated rings. The molecular weight excluding hydrogens is 402 g/mol. The minimum atomic E-state index is -0.112. The predicted octanol–water partition coefficient (Wildman–Crippen LogP) is 3.38. The Morgan fingerprint density at radius 3 is 2.80 bits per heavy atom. The highest BCUT2D eigenvalue weighted by molar-refractivity contribution is 6.30. The Morgan fingerprint density at radius 1 is 1.17 bits per heavy atom. The molecule has 2 aliphatic rings. The standard InChI is InChI=1S/C23H26ClN3O3/c24-18-2-1-3-20(13-18)30-15-23(29)25-19-8-10-27(11-9-19)14-16-4-5-17-6-7-22(28)26-21(17)12-16/h1-5,12-13,19H,6-11,14-15H2,(H,25,29)(H,26,28). The van der Waals surface area contributed by atoms with Gasteiger partial charge in [-0.3, -0.25) is 14.5 Å². The summed E-state index contributed by atoms with van der Waals surface area (Å²) in [7, 11) is 0. The maximum atomic E-state index is 12.2. The highest BCUT2D eigenvalue weighted by Crippen LogP contribution is 2.25. The molecule has 2 heterocycles. The molecule has 158 valence electrons. The normalized spacial score (nSPS) is 17.2. The minimum Gasteiger partial charge on any atom is -0.484 e. The first-order valence-corrected chi connectivity index (χ1v) is 10.7. The zero-order valence-electron chi connectivity index (χ0n) is 16.8. The number of likely N-dealkylation sites (tertiary alicyclic amines) is 1. The monoisotopic (exact) mass is 427 g/mol. The van der Waals surface area contributed by atoms with Crippen LogP contribution in [0.2, 0.25) is 5.02 Å². The van der Waals surface area contributed by atoms with Gasteiger partial charge in [0.05, 0.1) is 0 Å². The van der Waals surface area contributed by atoms with E-state index in [0.717, 1.165) is 44.6 Å². The lowest BCUT2D eigenvalue weighted by Gasteiger charge is -2.32. The van der Waals surface area contributed by atoms with Crippen LogP contribution in [0.1, 0.15) is 30.4 Å². The van der Waals surface area contributed by atoms with E-state index in [-0.39, 0.29) is 24.5 Å². The Bertz CT molecular complexity index is 926. The number of benzene rings is 2. The molecule has 2 amide bonds. The molecule has 0 unspecified atom stereocenters. The van der Waals surface area contributed by atoms with E-state index in [2.05, 4.69) is 33.7 Å². The van der Waals surface area contributed by atoms with Gasteiger partial charge < -0.3 is 15.4 Å². The fourth-order valence-electron chi connectivity index (χ4n) is 3.99. The number of hydrogen-bond donors (Lipinski definition) is 2. The summed E-state index contributed by atoms with van der Waals surface area (Å²) in [6, 6.07) is 13.6. The predicted molar refractivity (Wildman–Crippen MR) is 117 cm³/mol. The number of aryl methyl sites for hydroxylation is 1. The van der Waals surface area contributed by atoms with Gasteiger partial charge in [-0.2, -0.15) is 0 Å². The first-order valence-electron chi connectivity index (χ1n) is 10.4. The molecule has 0 aliphatic carbocycles. The van der Waals surface area contributed by atoms with Crippen LogP contribution in [-0.4, -0.2) is 42.5 Å². The third-order valence-electron chi connectivity index (χ3n) is 5.59. The second-order valence-corrected chi connectivity index (χ2v) is 8.34. The maximum absolute atomic E-state index is 12.2. The Balaban J connectivity index is 1.21. The molecule has 0 radical (unpaired) electrons. The van der Waals surface area contributed by atoms with Crippen LogP contribution in [0.5, 0.6) is 5.75 Å². The SMILES string of the molecule is O=C1CCc2ccc(CN3CCC(NC(=O)COc4cccc(Cl)c4)CC3)cc2N1. The van der Waals surface area contributed by atoms with E-state index in [1.807, 2.05) is 0 Å². The molecule has 6 nitrogen and oxygen atoms in total. The Hall–Kier alpha value is -2.57. The highest BCUT2D eigenvalue weighted by Gasteiger charge is 2.22. The molecule has 2 aromatic rings. The minimum absolute atomic E-state index is 0.0125. The van der Waals surface area contributed by atoms with Crippen LogP contribution in [0.3, 0.4) is 0 Å². The van der Waals surface area contributed by atoms with Crippen molar-refractivity contribution < 1.29 is 14.3 Å². The number of carbonyl (C=O) groups is 2. The van der Waals surface area contributed by atoms with Crippen molar-refractivity contribution >= 4 is 29.1 Å². The summed E-state index contributed by atoms with van der Waals surface area (Å²) >= 11 is 5.93. The van der Waals surface area contributed by atoms with Gasteiger partial charge in [0.25, 0.3) is 5.91 Å². The van der Waals surface area contributed by atoms with Crippen LogP contribution < -0.4 is 15.4 Å². The van der Waals surface area contributed by atoms with E-state index in [0.29, 0.717) is 17.2 Å². The number of carbonyl (C=O) groups excluding carboxylic acids is 2. The number of amides is 2. The molecule has 2 N–H and O–H groups in total. The maximum Gasteiger partial charge on any atom is 0.258 e. The van der Waals surface area contributed by atoms with Gasteiger partial charge in [-0.05, 0) is 54.7 Å². The van der Waals surface area contributed by atoms with E-state index in [4.69, 9.17) is 16.3 Å². The number of rotatable bonds is 6. The quantitative estimate of drug-likeness (QED) is 0.741. The van der Waals surface area contributed by atoms with Crippen molar-refractivity contribution in [2.45, 2.75) is 38.3 Å². The fourth-order valence-corrected chi connectivity index (χ4v) is 4.17. The first kappa shape index (κ1) is 20.7. The molecule has 0 bridgehead atoms. The molecule has 0 saturated carbocycles. The van der Waals surface area contributed by atoms with Crippen LogP contribution in [0.15, 0.2) is 42.5 Å². The summed E-state index contributed by atoms with van der Waals surface area (Å²) in [6.45, 7) is 2.68. The third-order valence-corrected chi connectivity index (χ3v) is 5.83. The number of nitrogens with one attached hydrogen (secondary N) is 2. The lowest BCUT2D eigenvalue weighted by Crippen LogP contribution is -2.45. The number of fused-ring (bicyclic) bond motifs is 1. The Kier molecular flexibility index (Phi) is 6.55. The van der Waals surface area contributed by atoms with Crippen molar-refractivity contribution in [2.24, 2.45) is 0 Å². The average Bonchev–Trinajstić information content (AvgIpc) is 2.73. The Morgan fingerprint density at radius 2 is 2.00 bits per heavy atom. The van der Waals surface area contributed by atoms with Gasteiger partial charge >= 0.3 is 0 Å². The van der Waals surface area contributed by atoms with Crippen LogP contribution >= 0.6 is 11.6 Å². The molecule has 2 aromatic carbocycles. The van der Waals surface area contributed by atoms with Gasteiger partial charge in [0, 0.05) is 42.8 Å². The average molecular weight is 428 g/mol. The molecule has 30 heavy (non-hydrogen) atoms. The number of piperidine rings is 1. The first-order chi connectivity index (χ1) is 14.5. The zero-order valence-corrected chi connectivity index (χ0v) is 17.6. The summed E-state index contributed by atoms with van der Waals surface area (Å²) in [5, 5.41) is 6.62. The van der Waals surface area contributed by atoms with E-state index < -0.39 is 0 Å². The van der Waals surface area contributed by atoms with E-state index >= 15 is 0 Å². The van der Waals surface area contributed by atoms with Gasteiger partial charge in [0.2, 0.25) is 5.91 Å². The Labute approximate surface area is 181 Å². The molecule has 7 heteroatoms. The van der Waals surface area contributed by atoms with Gasteiger partial charge in [-0.15, -0.1) is 0 Å². The van der Waals surface area contributed by atoms with Crippen molar-refractivity contribution in [3.63, 3.8) is 0 Å². The lowest BCUT2D eigenvalue weighted by atomic mass is 9.99. The van der Waals surface area contributed by atoms with Gasteiger partial charge in [0.1, 0.15) is 5.75 Å². The van der Waals surface area contributed by atoms with Gasteiger partial charge in [0.15, 0.2) is 6.61 Å². The summed E-state index contributed by atoms with van der Waals surface area (Å²) in [5.74, 6) is 0.572. The van der Waals surface area contributed by atoms with E-state index in [1.54, 1.807) is 24.3 Å². The van der Waals surface area contributed by atoms with Crippen LogP contribution in [0, 0.1) is 0 Å². The molecule has 0 aromatic heterocycles. The van der Waals surface area contributed by atoms with Crippen molar-refractivity contribution in [2.75, 3.05) is 25.0 Å². The summed E-state index contributed by atoms with van der Waals surface area (Å²) in [4.78, 5) is 26.2. The molecule has 0 atom stereocenters. The van der Waals surface area contributed by atoms with Crippen LogP contribution in [-0.2, 0) is 22.6 Å². The van der Waals surface area contributed by atoms with Crippen LogP contribution in [0.4, 0.5) is 5.69 Å². The van der Waals surface area contributed by atoms with E-state index in [9.17, 15) is 9.59 Å². The number of anilines is 1. The topological polar surface area (TPSA) is 70.7 Å². The zero-order chi connectivity index (χ0) is 20.9. The molecule has 2 aliphatic heterocycles. The molecule has 1 saturated heterocycles. The van der Waals surface area contributed by atoms with Crippen molar-refractivity contribution in [3.05, 3.63) is 58.6 Å². The number of hydrogen-bond acceptors (Lipinski definition) is 4. The van der Waals surface area contributed by atoms with Crippen molar-refractivity contribution in [1.82, 2.24) is 10.2 Å². The highest BCUT2D eigenvalue weighted by atomic mass is 35.5. The summed E-state index contributed by atoms with van der Waals surface area (Å²) in [6.07, 6.45) is 3.19. The molecular formula is C23H26ClN3O3. The second-order valence-electron chi connectivity index (χ2n) is 7.90. The number of ether oxygens (including phenoxy) is 1. The van der Waals surface area contributed by atoms with E-state index in [1.165, 1.54) is 11.1 Å². The number of nitrogens with zero attached hydrogens (tertiary/aromatic N) is 1. The van der Waals surface area contributed by atoms with Gasteiger partial charge in [-0.1, -0.05) is 29.8 Å². The largest absolute Gasteiger partial charge is 0.484 e. The van der Waals surface area contributed by atoms with Crippen molar-refractivity contribution in [3.8, 4) is 5.75 Å². The summed E-state index contributed by atoms with van der Waals surface area (Å²) < 4.78 is 5.51. The smallest absolute Gasteiger partial charge is 0.258 e. The van der Waals surface area contributed by atoms with Crippen LogP contribution in [0.25, 0.3) is 0 Å². The molecule has 0 spiro atoms. The van der Waals surface area contributed by atoms with Crippen molar-refractivity contribution in [1.29, 1.82) is 0 Å². The van der Waals surface area contributed by atoms with Gasteiger partial charge in [-0.25, -0.2) is 0 Å². The number of halogens is 1. The fraction of sp³-hybridized carbons (Fsp3) is 0.391. The lowest BCUT2D eigenvalue weighted by molar-refractivity contribution is -0.124. The second kappa shape index (κ2) is 9.49.